The maximum absolute atomic E-state index is 13.0. The molecule has 2 aromatic carbocycles. The van der Waals surface area contributed by atoms with Crippen molar-refractivity contribution in [2.45, 2.75) is 32.6 Å². The fraction of sp³-hybridized carbons (Fsp3) is 0.250. The molecule has 0 aliphatic carbocycles. The first-order chi connectivity index (χ1) is 13.4. The summed E-state index contributed by atoms with van der Waals surface area (Å²) in [5.41, 5.74) is 6.01. The van der Waals surface area contributed by atoms with Crippen LogP contribution in [0, 0.1) is 0 Å². The van der Waals surface area contributed by atoms with E-state index in [0.29, 0.717) is 12.1 Å². The topological polar surface area (TPSA) is 45.2 Å². The van der Waals surface area contributed by atoms with E-state index in [-0.39, 0.29) is 11.3 Å². The molecule has 0 fully saturated rings. The van der Waals surface area contributed by atoms with E-state index in [1.807, 2.05) is 29.2 Å². The predicted molar refractivity (Wildman–Crippen MR) is 114 cm³/mol. The minimum atomic E-state index is -0.0100. The van der Waals surface area contributed by atoms with E-state index < -0.39 is 0 Å². The number of fused-ring (bicyclic) bond motifs is 1. The van der Waals surface area contributed by atoms with Gasteiger partial charge in [-0.1, -0.05) is 51.1 Å². The van der Waals surface area contributed by atoms with Crippen LogP contribution in [0.1, 0.15) is 42.3 Å². The molecular formula is C24H25N3O. The van der Waals surface area contributed by atoms with Crippen LogP contribution in [0.2, 0.25) is 0 Å². The largest absolute Gasteiger partial charge is 0.354 e. The van der Waals surface area contributed by atoms with Gasteiger partial charge in [-0.15, -0.1) is 0 Å². The molecule has 0 saturated heterocycles. The van der Waals surface area contributed by atoms with E-state index in [1.165, 1.54) is 11.1 Å². The van der Waals surface area contributed by atoms with Crippen LogP contribution in [0.4, 0.5) is 17.1 Å². The number of nitrogens with one attached hydrogen (secondary N) is 1. The number of benzene rings is 2. The first kappa shape index (κ1) is 18.2. The van der Waals surface area contributed by atoms with Crippen molar-refractivity contribution in [3.05, 3.63) is 83.7 Å². The zero-order chi connectivity index (χ0) is 19.7. The van der Waals surface area contributed by atoms with Gasteiger partial charge in [0.05, 0.1) is 17.4 Å². The predicted octanol–water partition coefficient (Wildman–Crippen LogP) is 5.33. The van der Waals surface area contributed by atoms with Gasteiger partial charge in [-0.3, -0.25) is 9.78 Å². The summed E-state index contributed by atoms with van der Waals surface area (Å²) < 4.78 is 0. The van der Waals surface area contributed by atoms with Crippen LogP contribution in [-0.4, -0.2) is 17.4 Å². The Bertz CT molecular complexity index is 1000. The summed E-state index contributed by atoms with van der Waals surface area (Å²) in [5, 5.41) is 3.35. The average Bonchev–Trinajstić information content (AvgIpc) is 3.11. The first-order valence-electron chi connectivity index (χ1n) is 9.64. The summed E-state index contributed by atoms with van der Waals surface area (Å²) in [7, 11) is 0. The third-order valence-electron chi connectivity index (χ3n) is 5.16. The van der Waals surface area contributed by atoms with Crippen LogP contribution < -0.4 is 10.2 Å². The molecule has 0 radical (unpaired) electrons. The molecule has 0 spiro atoms. The molecule has 28 heavy (non-hydrogen) atoms. The summed E-state index contributed by atoms with van der Waals surface area (Å²) in [5.74, 6) is -0.0100. The van der Waals surface area contributed by atoms with E-state index in [4.69, 9.17) is 0 Å². The SMILES string of the molecule is CC(C)(C)c1ccc(Nc2cncc(C(=O)N3CCc4ccccc43)c2)cc1. The molecule has 0 atom stereocenters. The Morgan fingerprint density at radius 1 is 1.00 bits per heavy atom. The number of para-hydroxylation sites is 1. The summed E-state index contributed by atoms with van der Waals surface area (Å²) in [4.78, 5) is 19.1. The maximum atomic E-state index is 13.0. The fourth-order valence-electron chi connectivity index (χ4n) is 3.55. The number of hydrogen-bond donors (Lipinski definition) is 1. The number of rotatable bonds is 3. The van der Waals surface area contributed by atoms with Crippen molar-refractivity contribution in [1.82, 2.24) is 4.98 Å². The summed E-state index contributed by atoms with van der Waals surface area (Å²) in [6.45, 7) is 7.31. The highest BCUT2D eigenvalue weighted by molar-refractivity contribution is 6.07. The Morgan fingerprint density at radius 2 is 1.75 bits per heavy atom. The van der Waals surface area contributed by atoms with Gasteiger partial charge in [0, 0.05) is 24.1 Å². The van der Waals surface area contributed by atoms with Gasteiger partial charge in [0.15, 0.2) is 0 Å². The van der Waals surface area contributed by atoms with Crippen LogP contribution in [0.5, 0.6) is 0 Å². The maximum Gasteiger partial charge on any atom is 0.259 e. The van der Waals surface area contributed by atoms with Gasteiger partial charge in [0.25, 0.3) is 5.91 Å². The van der Waals surface area contributed by atoms with Gasteiger partial charge in [0.1, 0.15) is 0 Å². The van der Waals surface area contributed by atoms with E-state index in [9.17, 15) is 4.79 Å². The molecule has 1 N–H and O–H groups in total. The standard InChI is InChI=1S/C24H25N3O/c1-24(2,3)19-8-10-20(11-9-19)26-21-14-18(15-25-16-21)23(28)27-13-12-17-6-4-5-7-22(17)27/h4-11,14-16,26H,12-13H2,1-3H3. The fourth-order valence-corrected chi connectivity index (χ4v) is 3.55. The first-order valence-corrected chi connectivity index (χ1v) is 9.64. The number of carbonyl (C=O) groups excluding carboxylic acids is 1. The smallest absolute Gasteiger partial charge is 0.259 e. The molecule has 142 valence electrons. The van der Waals surface area contributed by atoms with Crippen molar-refractivity contribution in [2.75, 3.05) is 16.8 Å². The molecule has 4 nitrogen and oxygen atoms in total. The number of pyridine rings is 1. The Hall–Kier alpha value is -3.14. The molecule has 0 saturated carbocycles. The van der Waals surface area contributed by atoms with E-state index in [0.717, 1.165) is 23.5 Å². The Labute approximate surface area is 166 Å². The molecule has 1 aliphatic heterocycles. The highest BCUT2D eigenvalue weighted by Gasteiger charge is 2.25. The van der Waals surface area contributed by atoms with E-state index >= 15 is 0 Å². The van der Waals surface area contributed by atoms with Gasteiger partial charge >= 0.3 is 0 Å². The van der Waals surface area contributed by atoms with Crippen molar-refractivity contribution < 1.29 is 4.79 Å². The van der Waals surface area contributed by atoms with Crippen LogP contribution in [0.3, 0.4) is 0 Å². The molecule has 4 rings (SSSR count). The van der Waals surface area contributed by atoms with Crippen molar-refractivity contribution in [3.8, 4) is 0 Å². The number of anilines is 3. The number of carbonyl (C=O) groups is 1. The molecule has 1 amide bonds. The lowest BCUT2D eigenvalue weighted by molar-refractivity contribution is 0.0989. The van der Waals surface area contributed by atoms with Gasteiger partial charge < -0.3 is 10.2 Å². The third kappa shape index (κ3) is 3.63. The molecule has 0 bridgehead atoms. The summed E-state index contributed by atoms with van der Waals surface area (Å²) in [6.07, 6.45) is 4.27. The van der Waals surface area contributed by atoms with Gasteiger partial charge in [-0.25, -0.2) is 0 Å². The van der Waals surface area contributed by atoms with Crippen molar-refractivity contribution in [2.24, 2.45) is 0 Å². The highest BCUT2D eigenvalue weighted by atomic mass is 16.2. The third-order valence-corrected chi connectivity index (χ3v) is 5.16. The van der Waals surface area contributed by atoms with E-state index in [1.54, 1.807) is 12.4 Å². The van der Waals surface area contributed by atoms with Gasteiger partial charge in [0.2, 0.25) is 0 Å². The highest BCUT2D eigenvalue weighted by Crippen LogP contribution is 2.29. The summed E-state index contributed by atoms with van der Waals surface area (Å²) in [6, 6.07) is 18.3. The van der Waals surface area contributed by atoms with Crippen molar-refractivity contribution in [1.29, 1.82) is 0 Å². The lowest BCUT2D eigenvalue weighted by Gasteiger charge is -2.19. The number of amides is 1. The molecule has 1 aliphatic rings. The Morgan fingerprint density at radius 3 is 2.50 bits per heavy atom. The second kappa shape index (κ2) is 7.12. The molecule has 1 aromatic heterocycles. The second-order valence-corrected chi connectivity index (χ2v) is 8.25. The number of hydrogen-bond acceptors (Lipinski definition) is 3. The quantitative estimate of drug-likeness (QED) is 0.677. The molecule has 3 aromatic rings. The number of aromatic nitrogens is 1. The molecular weight excluding hydrogens is 346 g/mol. The van der Waals surface area contributed by atoms with Crippen LogP contribution in [0.15, 0.2) is 67.0 Å². The number of nitrogens with zero attached hydrogens (tertiary/aromatic N) is 2. The second-order valence-electron chi connectivity index (χ2n) is 8.25. The van der Waals surface area contributed by atoms with E-state index in [2.05, 4.69) is 61.4 Å². The van der Waals surface area contributed by atoms with Crippen LogP contribution >= 0.6 is 0 Å². The molecule has 4 heteroatoms. The lowest BCUT2D eigenvalue weighted by Crippen LogP contribution is -2.29. The van der Waals surface area contributed by atoms with Crippen molar-refractivity contribution >= 4 is 23.0 Å². The lowest BCUT2D eigenvalue weighted by atomic mass is 9.87. The zero-order valence-electron chi connectivity index (χ0n) is 16.6. The minimum Gasteiger partial charge on any atom is -0.354 e. The van der Waals surface area contributed by atoms with Crippen LogP contribution in [0.25, 0.3) is 0 Å². The van der Waals surface area contributed by atoms with Crippen molar-refractivity contribution in [3.63, 3.8) is 0 Å². The average molecular weight is 371 g/mol. The zero-order valence-corrected chi connectivity index (χ0v) is 16.6. The van der Waals surface area contributed by atoms with Gasteiger partial charge in [-0.2, -0.15) is 0 Å². The molecule has 0 unspecified atom stereocenters. The Kier molecular flexibility index (Phi) is 4.63. The minimum absolute atomic E-state index is 0.0100. The summed E-state index contributed by atoms with van der Waals surface area (Å²) >= 11 is 0. The van der Waals surface area contributed by atoms with Gasteiger partial charge in [-0.05, 0) is 47.2 Å². The molecule has 2 heterocycles. The monoisotopic (exact) mass is 371 g/mol. The van der Waals surface area contributed by atoms with Crippen LogP contribution in [-0.2, 0) is 11.8 Å². The Balaban J connectivity index is 1.53. The normalized spacial score (nSPS) is 13.3.